The maximum absolute atomic E-state index is 12.5. The van der Waals surface area contributed by atoms with E-state index in [0.717, 1.165) is 0 Å². The molecular formula is C16H17ClN2O4. The van der Waals surface area contributed by atoms with Gasteiger partial charge in [-0.15, -0.1) is 0 Å². The first kappa shape index (κ1) is 16.0. The smallest absolute Gasteiger partial charge is 0.257 e. The molecule has 7 heteroatoms. The number of methoxy groups -OCH3 is 1. The molecule has 0 aliphatic carbocycles. The number of rotatable bonds is 3. The first-order valence-corrected chi connectivity index (χ1v) is 7.70. The summed E-state index contributed by atoms with van der Waals surface area (Å²) in [6, 6.07) is 4.71. The van der Waals surface area contributed by atoms with Crippen LogP contribution in [0.2, 0.25) is 5.02 Å². The summed E-state index contributed by atoms with van der Waals surface area (Å²) < 4.78 is 10.6. The molecule has 1 aromatic carbocycles. The summed E-state index contributed by atoms with van der Waals surface area (Å²) in [7, 11) is 1.57. The Morgan fingerprint density at radius 3 is 3.09 bits per heavy atom. The number of ether oxygens (including phenoxy) is 2. The molecule has 2 N–H and O–H groups in total. The molecule has 0 bridgehead atoms. The third-order valence-electron chi connectivity index (χ3n) is 4.01. The van der Waals surface area contributed by atoms with E-state index in [1.807, 2.05) is 0 Å². The summed E-state index contributed by atoms with van der Waals surface area (Å²) in [4.78, 5) is 27.9. The Bertz CT molecular complexity index is 789. The van der Waals surface area contributed by atoms with E-state index in [1.165, 1.54) is 6.20 Å². The molecule has 2 heterocycles. The average Bonchev–Trinajstić information content (AvgIpc) is 2.55. The van der Waals surface area contributed by atoms with Gasteiger partial charge in [0.15, 0.2) is 0 Å². The van der Waals surface area contributed by atoms with Gasteiger partial charge >= 0.3 is 0 Å². The summed E-state index contributed by atoms with van der Waals surface area (Å²) in [5, 5.41) is 3.81. The maximum atomic E-state index is 12.5. The van der Waals surface area contributed by atoms with E-state index in [9.17, 15) is 9.59 Å². The number of carbonyl (C=O) groups excluding carboxylic acids is 1. The molecule has 0 spiro atoms. The number of fused-ring (bicyclic) bond motifs is 1. The zero-order valence-corrected chi connectivity index (χ0v) is 13.4. The number of pyridine rings is 1. The van der Waals surface area contributed by atoms with Crippen LogP contribution in [0.3, 0.4) is 0 Å². The van der Waals surface area contributed by atoms with Crippen LogP contribution in [-0.2, 0) is 9.47 Å². The number of nitrogens with one attached hydrogen (secondary N) is 2. The highest BCUT2D eigenvalue weighted by Crippen LogP contribution is 2.16. The van der Waals surface area contributed by atoms with E-state index in [-0.39, 0.29) is 23.1 Å². The molecule has 2 aromatic rings. The second-order valence-corrected chi connectivity index (χ2v) is 5.88. The van der Waals surface area contributed by atoms with E-state index in [2.05, 4.69) is 10.3 Å². The Kier molecular flexibility index (Phi) is 4.66. The van der Waals surface area contributed by atoms with E-state index >= 15 is 0 Å². The fraction of sp³-hybridized carbons (Fsp3) is 0.375. The van der Waals surface area contributed by atoms with Crippen molar-refractivity contribution in [3.05, 3.63) is 45.2 Å². The van der Waals surface area contributed by atoms with Gasteiger partial charge in [-0.2, -0.15) is 0 Å². The minimum absolute atomic E-state index is 0.0705. The van der Waals surface area contributed by atoms with Crippen LogP contribution in [0, 0.1) is 0 Å². The molecule has 0 saturated carbocycles. The van der Waals surface area contributed by atoms with Crippen molar-refractivity contribution in [1.82, 2.24) is 10.3 Å². The minimum Gasteiger partial charge on any atom is -0.379 e. The topological polar surface area (TPSA) is 80.4 Å². The number of aromatic nitrogens is 1. The first-order chi connectivity index (χ1) is 11.1. The molecule has 3 rings (SSSR count). The summed E-state index contributed by atoms with van der Waals surface area (Å²) in [5.74, 6) is -0.419. The van der Waals surface area contributed by atoms with Gasteiger partial charge in [-0.1, -0.05) is 11.6 Å². The predicted octanol–water partition coefficient (Wildman–Crippen LogP) is 1.72. The van der Waals surface area contributed by atoms with Crippen molar-refractivity contribution in [2.24, 2.45) is 0 Å². The summed E-state index contributed by atoms with van der Waals surface area (Å²) in [5.41, 5.74) is 0.343. The van der Waals surface area contributed by atoms with Crippen LogP contribution < -0.4 is 10.7 Å². The summed E-state index contributed by atoms with van der Waals surface area (Å²) in [6.45, 7) is 0.978. The zero-order chi connectivity index (χ0) is 16.4. The van der Waals surface area contributed by atoms with Gasteiger partial charge in [-0.3, -0.25) is 9.59 Å². The second-order valence-electron chi connectivity index (χ2n) is 5.44. The SMILES string of the molecule is CO[C@@H]1COCC[C@H]1NC(=O)c1c[nH]c2cc(Cl)ccc2c1=O. The third-order valence-corrected chi connectivity index (χ3v) is 4.25. The lowest BCUT2D eigenvalue weighted by Gasteiger charge is -2.30. The lowest BCUT2D eigenvalue weighted by molar-refractivity contribution is -0.0479. The fourth-order valence-corrected chi connectivity index (χ4v) is 2.89. The Labute approximate surface area is 137 Å². The van der Waals surface area contributed by atoms with Crippen LogP contribution in [0.5, 0.6) is 0 Å². The standard InChI is InChI=1S/C16H17ClN2O4/c1-22-14-8-23-5-4-12(14)19-16(21)11-7-18-13-6-9(17)2-3-10(13)15(11)20/h2-3,6-7,12,14H,4-5,8H2,1H3,(H,18,20)(H,19,21)/t12-,14-/m1/s1. The van der Waals surface area contributed by atoms with Crippen LogP contribution in [0.15, 0.2) is 29.2 Å². The molecule has 122 valence electrons. The summed E-state index contributed by atoms with van der Waals surface area (Å²) >= 11 is 5.91. The largest absolute Gasteiger partial charge is 0.379 e. The van der Waals surface area contributed by atoms with Gasteiger partial charge in [0.25, 0.3) is 5.91 Å². The molecule has 1 saturated heterocycles. The molecule has 1 aliphatic rings. The Morgan fingerprint density at radius 2 is 2.30 bits per heavy atom. The molecule has 1 aliphatic heterocycles. The predicted molar refractivity (Wildman–Crippen MR) is 87.1 cm³/mol. The van der Waals surface area contributed by atoms with Gasteiger partial charge in [0.05, 0.1) is 18.2 Å². The molecule has 6 nitrogen and oxygen atoms in total. The van der Waals surface area contributed by atoms with Crippen molar-refractivity contribution < 1.29 is 14.3 Å². The van der Waals surface area contributed by atoms with E-state index < -0.39 is 5.91 Å². The van der Waals surface area contributed by atoms with E-state index in [4.69, 9.17) is 21.1 Å². The van der Waals surface area contributed by atoms with E-state index in [1.54, 1.807) is 25.3 Å². The highest BCUT2D eigenvalue weighted by atomic mass is 35.5. The minimum atomic E-state index is -0.419. The number of hydrogen-bond donors (Lipinski definition) is 2. The van der Waals surface area contributed by atoms with E-state index in [0.29, 0.717) is 35.6 Å². The third kappa shape index (κ3) is 3.24. The quantitative estimate of drug-likeness (QED) is 0.894. The lowest BCUT2D eigenvalue weighted by Crippen LogP contribution is -2.50. The van der Waals surface area contributed by atoms with Gasteiger partial charge < -0.3 is 19.8 Å². The van der Waals surface area contributed by atoms with Gasteiger partial charge in [-0.25, -0.2) is 0 Å². The Morgan fingerprint density at radius 1 is 1.48 bits per heavy atom. The highest BCUT2D eigenvalue weighted by molar-refractivity contribution is 6.31. The van der Waals surface area contributed by atoms with Gasteiger partial charge in [-0.05, 0) is 24.6 Å². The number of amides is 1. The van der Waals surface area contributed by atoms with Gasteiger partial charge in [0.2, 0.25) is 5.43 Å². The maximum Gasteiger partial charge on any atom is 0.257 e. The number of carbonyl (C=O) groups is 1. The van der Waals surface area contributed by atoms with Gasteiger partial charge in [0, 0.05) is 30.3 Å². The fourth-order valence-electron chi connectivity index (χ4n) is 2.72. The van der Waals surface area contributed by atoms with Crippen molar-refractivity contribution >= 4 is 28.4 Å². The van der Waals surface area contributed by atoms with Crippen molar-refractivity contribution in [3.8, 4) is 0 Å². The number of H-pyrrole nitrogens is 1. The molecule has 1 fully saturated rings. The normalized spacial score (nSPS) is 21.3. The monoisotopic (exact) mass is 336 g/mol. The number of benzene rings is 1. The summed E-state index contributed by atoms with van der Waals surface area (Å²) in [6.07, 6.45) is 1.84. The van der Waals surface area contributed by atoms with Crippen molar-refractivity contribution in [2.45, 2.75) is 18.6 Å². The van der Waals surface area contributed by atoms with Crippen LogP contribution in [-0.4, -0.2) is 43.4 Å². The van der Waals surface area contributed by atoms with Crippen LogP contribution in [0.1, 0.15) is 16.8 Å². The number of halogens is 1. The number of aromatic amines is 1. The molecule has 0 unspecified atom stereocenters. The first-order valence-electron chi connectivity index (χ1n) is 7.32. The van der Waals surface area contributed by atoms with Crippen molar-refractivity contribution in [1.29, 1.82) is 0 Å². The van der Waals surface area contributed by atoms with Crippen LogP contribution in [0.4, 0.5) is 0 Å². The lowest BCUT2D eigenvalue weighted by atomic mass is 10.0. The average molecular weight is 337 g/mol. The van der Waals surface area contributed by atoms with Crippen molar-refractivity contribution in [3.63, 3.8) is 0 Å². The molecular weight excluding hydrogens is 320 g/mol. The Hall–Kier alpha value is -1.89. The number of hydrogen-bond acceptors (Lipinski definition) is 4. The van der Waals surface area contributed by atoms with Crippen LogP contribution in [0.25, 0.3) is 10.9 Å². The highest BCUT2D eigenvalue weighted by Gasteiger charge is 2.28. The molecule has 0 radical (unpaired) electrons. The van der Waals surface area contributed by atoms with Crippen LogP contribution >= 0.6 is 11.6 Å². The Balaban J connectivity index is 1.87. The molecule has 1 amide bonds. The molecule has 1 aromatic heterocycles. The molecule has 23 heavy (non-hydrogen) atoms. The second kappa shape index (κ2) is 6.70. The molecule has 2 atom stereocenters. The van der Waals surface area contributed by atoms with Gasteiger partial charge in [0.1, 0.15) is 11.7 Å². The van der Waals surface area contributed by atoms with Crippen molar-refractivity contribution in [2.75, 3.05) is 20.3 Å². The zero-order valence-electron chi connectivity index (χ0n) is 12.6.